The van der Waals surface area contributed by atoms with Crippen LogP contribution in [0.15, 0.2) is 42.5 Å². The zero-order chi connectivity index (χ0) is 23.6. The second-order valence-corrected chi connectivity index (χ2v) is 7.15. The summed E-state index contributed by atoms with van der Waals surface area (Å²) in [4.78, 5) is 34.8. The van der Waals surface area contributed by atoms with Crippen LogP contribution in [0.3, 0.4) is 0 Å². The maximum absolute atomic E-state index is 13.6. The number of nitrogens with one attached hydrogen (secondary N) is 2. The van der Waals surface area contributed by atoms with E-state index in [0.717, 1.165) is 11.0 Å². The highest BCUT2D eigenvalue weighted by atomic mass is 19.4. The second kappa shape index (κ2) is 8.83. The van der Waals surface area contributed by atoms with Crippen molar-refractivity contribution in [1.29, 1.82) is 0 Å². The van der Waals surface area contributed by atoms with E-state index in [1.54, 1.807) is 0 Å². The van der Waals surface area contributed by atoms with Gasteiger partial charge in [-0.05, 0) is 43.3 Å². The fourth-order valence-corrected chi connectivity index (χ4v) is 3.27. The zero-order valence-corrected chi connectivity index (χ0v) is 17.0. The molecule has 0 aromatic heterocycles. The summed E-state index contributed by atoms with van der Waals surface area (Å²) in [7, 11) is 0. The van der Waals surface area contributed by atoms with Crippen LogP contribution in [0.25, 0.3) is 0 Å². The third kappa shape index (κ3) is 5.14. The van der Waals surface area contributed by atoms with E-state index < -0.39 is 35.9 Å². The molecule has 2 aromatic carbocycles. The van der Waals surface area contributed by atoms with Crippen molar-refractivity contribution in [2.24, 2.45) is 0 Å². The summed E-state index contributed by atoms with van der Waals surface area (Å²) in [6.45, 7) is 2.34. The van der Waals surface area contributed by atoms with Gasteiger partial charge in [-0.15, -0.1) is 0 Å². The molecule has 12 heteroatoms. The predicted octanol–water partition coefficient (Wildman–Crippen LogP) is 3.59. The lowest BCUT2D eigenvalue weighted by atomic mass is 10.1. The van der Waals surface area contributed by atoms with Gasteiger partial charge in [0.1, 0.15) is 0 Å². The van der Waals surface area contributed by atoms with Gasteiger partial charge in [-0.25, -0.2) is 0 Å². The summed E-state index contributed by atoms with van der Waals surface area (Å²) < 4.78 is 45.7. The molecule has 0 spiro atoms. The van der Waals surface area contributed by atoms with Gasteiger partial charge in [-0.2, -0.15) is 13.2 Å². The molecule has 2 N–H and O–H groups in total. The molecule has 0 aliphatic carbocycles. The van der Waals surface area contributed by atoms with E-state index in [0.29, 0.717) is 11.4 Å². The van der Waals surface area contributed by atoms with Gasteiger partial charge in [-0.1, -0.05) is 0 Å². The van der Waals surface area contributed by atoms with Crippen LogP contribution in [-0.4, -0.2) is 41.8 Å². The normalized spacial score (nSPS) is 18.3. The molecule has 2 atom stereocenters. The Bertz CT molecular complexity index is 1040. The molecule has 2 amide bonds. The van der Waals surface area contributed by atoms with Gasteiger partial charge in [0.15, 0.2) is 6.10 Å². The van der Waals surface area contributed by atoms with Crippen LogP contribution in [0.2, 0.25) is 0 Å². The Morgan fingerprint density at radius 3 is 2.22 bits per heavy atom. The lowest BCUT2D eigenvalue weighted by Gasteiger charge is -2.26. The molecule has 9 nitrogen and oxygen atoms in total. The first-order valence-corrected chi connectivity index (χ1v) is 9.38. The maximum atomic E-state index is 13.6. The summed E-state index contributed by atoms with van der Waals surface area (Å²) >= 11 is 0. The number of benzene rings is 2. The molecule has 170 valence electrons. The van der Waals surface area contributed by atoms with E-state index in [1.165, 1.54) is 50.2 Å². The third-order valence-electron chi connectivity index (χ3n) is 4.69. The molecule has 32 heavy (non-hydrogen) atoms. The molecule has 1 aliphatic heterocycles. The highest BCUT2D eigenvalue weighted by Crippen LogP contribution is 2.36. The average Bonchev–Trinajstić information content (AvgIpc) is 3.15. The number of nitro benzene ring substituents is 1. The number of carbonyl (C=O) groups is 2. The van der Waals surface area contributed by atoms with Crippen LogP contribution in [0.4, 0.5) is 35.9 Å². The van der Waals surface area contributed by atoms with Gasteiger partial charge in [-0.3, -0.25) is 19.7 Å². The molecule has 2 aromatic rings. The minimum absolute atomic E-state index is 0.0467. The number of alkyl halides is 3. The topological polar surface area (TPSA) is 114 Å². The number of carbonyl (C=O) groups excluding carboxylic acids is 2. The van der Waals surface area contributed by atoms with Crippen molar-refractivity contribution in [1.82, 2.24) is 0 Å². The average molecular weight is 452 g/mol. The Hall–Kier alpha value is -3.67. The van der Waals surface area contributed by atoms with E-state index in [1.807, 2.05) is 0 Å². The number of aryl methyl sites for hydroxylation is 1. The van der Waals surface area contributed by atoms with Crippen LogP contribution in [0.5, 0.6) is 0 Å². The van der Waals surface area contributed by atoms with E-state index in [9.17, 15) is 32.9 Å². The number of anilines is 3. The Kier molecular flexibility index (Phi) is 6.35. The lowest BCUT2D eigenvalue weighted by molar-refractivity contribution is -0.385. The number of rotatable bonds is 5. The lowest BCUT2D eigenvalue weighted by Crippen LogP contribution is -2.42. The minimum atomic E-state index is -4.80. The number of nitro groups is 1. The molecule has 2 unspecified atom stereocenters. The largest absolute Gasteiger partial charge is 0.433 e. The van der Waals surface area contributed by atoms with Crippen LogP contribution in [-0.2, 0) is 14.3 Å². The Labute approximate surface area is 180 Å². The molecular weight excluding hydrogens is 433 g/mol. The first-order valence-electron chi connectivity index (χ1n) is 9.38. The van der Waals surface area contributed by atoms with Gasteiger partial charge in [0.25, 0.3) is 11.6 Å². The molecule has 0 bridgehead atoms. The van der Waals surface area contributed by atoms with E-state index in [4.69, 9.17) is 4.74 Å². The molecule has 0 saturated carbocycles. The van der Waals surface area contributed by atoms with E-state index >= 15 is 0 Å². The second-order valence-electron chi connectivity index (χ2n) is 7.15. The van der Waals surface area contributed by atoms with Crippen LogP contribution >= 0.6 is 0 Å². The predicted molar refractivity (Wildman–Crippen MR) is 109 cm³/mol. The summed E-state index contributed by atoms with van der Waals surface area (Å²) in [5.41, 5.74) is 0.797. The minimum Gasteiger partial charge on any atom is -0.335 e. The molecule has 1 heterocycles. The molecule has 1 saturated heterocycles. The van der Waals surface area contributed by atoms with Gasteiger partial charge >= 0.3 is 6.18 Å². The number of ether oxygens (including phenoxy) is 1. The fraction of sp³-hybridized carbons (Fsp3) is 0.300. The highest BCUT2D eigenvalue weighted by Gasteiger charge is 2.52. The third-order valence-corrected chi connectivity index (χ3v) is 4.69. The molecule has 1 aliphatic rings. The van der Waals surface area contributed by atoms with Gasteiger partial charge in [0.2, 0.25) is 12.1 Å². The molecular formula is C20H19F3N4O5. The SMILES string of the molecule is CC(=O)Nc1ccc(NC(=O)C2CN(c3ccc([N+](=O)[O-])c(C)c3)C(C(F)(F)F)O2)cc1. The zero-order valence-electron chi connectivity index (χ0n) is 17.0. The quantitative estimate of drug-likeness (QED) is 0.530. The van der Waals surface area contributed by atoms with Crippen LogP contribution in [0.1, 0.15) is 12.5 Å². The number of hydrogen-bond acceptors (Lipinski definition) is 6. The van der Waals surface area contributed by atoms with Crippen molar-refractivity contribution in [3.8, 4) is 0 Å². The van der Waals surface area contributed by atoms with Crippen molar-refractivity contribution < 1.29 is 32.4 Å². The Balaban J connectivity index is 1.77. The van der Waals surface area contributed by atoms with Crippen molar-refractivity contribution in [2.45, 2.75) is 32.4 Å². The Morgan fingerprint density at radius 2 is 1.72 bits per heavy atom. The number of amides is 2. The summed E-state index contributed by atoms with van der Waals surface area (Å²) in [5, 5.41) is 16.0. The van der Waals surface area contributed by atoms with Crippen molar-refractivity contribution in [2.75, 3.05) is 22.1 Å². The van der Waals surface area contributed by atoms with Crippen molar-refractivity contribution in [3.05, 3.63) is 58.1 Å². The summed E-state index contributed by atoms with van der Waals surface area (Å²) in [6, 6.07) is 9.57. The van der Waals surface area contributed by atoms with E-state index in [-0.39, 0.29) is 22.8 Å². The number of nitrogens with zero attached hydrogens (tertiary/aromatic N) is 2. The smallest absolute Gasteiger partial charge is 0.335 e. The fourth-order valence-electron chi connectivity index (χ4n) is 3.27. The summed E-state index contributed by atoms with van der Waals surface area (Å²) in [5.74, 6) is -1.06. The van der Waals surface area contributed by atoms with Gasteiger partial charge in [0, 0.05) is 35.6 Å². The van der Waals surface area contributed by atoms with E-state index in [2.05, 4.69) is 10.6 Å². The molecule has 0 radical (unpaired) electrons. The molecule has 3 rings (SSSR count). The first kappa shape index (κ1) is 23.0. The summed E-state index contributed by atoms with van der Waals surface area (Å²) in [6.07, 6.45) is -8.63. The number of halogens is 3. The molecule has 1 fully saturated rings. The van der Waals surface area contributed by atoms with Crippen molar-refractivity contribution in [3.63, 3.8) is 0 Å². The first-order chi connectivity index (χ1) is 15.0. The maximum Gasteiger partial charge on any atom is 0.433 e. The van der Waals surface area contributed by atoms with Crippen LogP contribution < -0.4 is 15.5 Å². The van der Waals surface area contributed by atoms with Gasteiger partial charge < -0.3 is 20.3 Å². The van der Waals surface area contributed by atoms with Crippen LogP contribution in [0, 0.1) is 17.0 Å². The standard InChI is InChI=1S/C20H19F3N4O5/c1-11-9-15(7-8-16(11)27(30)31)26-10-17(32-19(26)20(21,22)23)18(29)25-14-5-3-13(4-6-14)24-12(2)28/h3-9,17,19H,10H2,1-2H3,(H,24,28)(H,25,29). The van der Waals surface area contributed by atoms with Crippen molar-refractivity contribution >= 4 is 34.6 Å². The Morgan fingerprint density at radius 1 is 1.12 bits per heavy atom. The monoisotopic (exact) mass is 452 g/mol. The number of hydrogen-bond donors (Lipinski definition) is 2. The van der Waals surface area contributed by atoms with Gasteiger partial charge in [0.05, 0.1) is 11.5 Å². The highest BCUT2D eigenvalue weighted by molar-refractivity contribution is 5.95.